The lowest BCUT2D eigenvalue weighted by atomic mass is 10.0. The maximum atomic E-state index is 12.0. The first kappa shape index (κ1) is 14.2. The third-order valence-electron chi connectivity index (χ3n) is 3.85. The lowest BCUT2D eigenvalue weighted by molar-refractivity contribution is 0.0953. The molecule has 4 heteroatoms. The fourth-order valence-corrected chi connectivity index (χ4v) is 2.90. The van der Waals surface area contributed by atoms with E-state index >= 15 is 0 Å². The molecule has 0 radical (unpaired) electrons. The molecule has 0 aromatic heterocycles. The summed E-state index contributed by atoms with van der Waals surface area (Å²) in [6.45, 7) is 0.710. The molecule has 2 rings (SSSR count). The Morgan fingerprint density at radius 2 is 2.11 bits per heavy atom. The average molecular weight is 281 g/mol. The number of anilines is 1. The smallest absolute Gasteiger partial charge is 0.253 e. The van der Waals surface area contributed by atoms with Crippen molar-refractivity contribution in [3.05, 3.63) is 28.8 Å². The Kier molecular flexibility index (Phi) is 5.08. The molecule has 0 spiro atoms. The number of carbonyl (C=O) groups is 1. The SMILES string of the molecule is Nc1c(Cl)cccc1C(=O)NCCCC1CCCC1. The van der Waals surface area contributed by atoms with E-state index in [9.17, 15) is 4.79 Å². The molecular weight excluding hydrogens is 260 g/mol. The van der Waals surface area contributed by atoms with Gasteiger partial charge in [0, 0.05) is 6.54 Å². The minimum absolute atomic E-state index is 0.133. The number of amides is 1. The van der Waals surface area contributed by atoms with Crippen LogP contribution >= 0.6 is 11.6 Å². The highest BCUT2D eigenvalue weighted by Crippen LogP contribution is 2.28. The van der Waals surface area contributed by atoms with Crippen LogP contribution in [0.25, 0.3) is 0 Å². The first-order chi connectivity index (χ1) is 9.18. The normalized spacial score (nSPS) is 15.6. The van der Waals surface area contributed by atoms with Gasteiger partial charge in [0.2, 0.25) is 0 Å². The summed E-state index contributed by atoms with van der Waals surface area (Å²) in [4.78, 5) is 12.0. The molecule has 0 atom stereocenters. The number of nitrogens with two attached hydrogens (primary N) is 1. The molecule has 0 bridgehead atoms. The fourth-order valence-electron chi connectivity index (χ4n) is 2.72. The Balaban J connectivity index is 1.76. The fraction of sp³-hybridized carbons (Fsp3) is 0.533. The second-order valence-electron chi connectivity index (χ2n) is 5.25. The minimum atomic E-state index is -0.133. The second-order valence-corrected chi connectivity index (χ2v) is 5.66. The van der Waals surface area contributed by atoms with E-state index in [0.717, 1.165) is 12.3 Å². The topological polar surface area (TPSA) is 55.1 Å². The van der Waals surface area contributed by atoms with Crippen molar-refractivity contribution in [1.82, 2.24) is 5.32 Å². The molecule has 0 saturated heterocycles. The third-order valence-corrected chi connectivity index (χ3v) is 4.18. The highest BCUT2D eigenvalue weighted by Gasteiger charge is 2.15. The van der Waals surface area contributed by atoms with Crippen LogP contribution < -0.4 is 11.1 Å². The van der Waals surface area contributed by atoms with Crippen LogP contribution in [-0.2, 0) is 0 Å². The van der Waals surface area contributed by atoms with Crippen LogP contribution in [-0.4, -0.2) is 12.5 Å². The maximum Gasteiger partial charge on any atom is 0.253 e. The first-order valence-corrected chi connectivity index (χ1v) is 7.38. The van der Waals surface area contributed by atoms with Gasteiger partial charge in [-0.25, -0.2) is 0 Å². The van der Waals surface area contributed by atoms with Crippen molar-refractivity contribution in [2.75, 3.05) is 12.3 Å². The molecule has 0 unspecified atom stereocenters. The van der Waals surface area contributed by atoms with Gasteiger partial charge in [-0.2, -0.15) is 0 Å². The van der Waals surface area contributed by atoms with Gasteiger partial charge in [0.05, 0.1) is 16.3 Å². The van der Waals surface area contributed by atoms with Crippen LogP contribution in [0, 0.1) is 5.92 Å². The Morgan fingerprint density at radius 1 is 1.37 bits per heavy atom. The van der Waals surface area contributed by atoms with Gasteiger partial charge in [-0.15, -0.1) is 0 Å². The molecule has 1 aliphatic rings. The van der Waals surface area contributed by atoms with Gasteiger partial charge in [-0.05, 0) is 30.9 Å². The van der Waals surface area contributed by atoms with Crippen molar-refractivity contribution in [3.8, 4) is 0 Å². The van der Waals surface area contributed by atoms with Crippen molar-refractivity contribution in [3.63, 3.8) is 0 Å². The highest BCUT2D eigenvalue weighted by molar-refractivity contribution is 6.33. The summed E-state index contributed by atoms with van der Waals surface area (Å²) < 4.78 is 0. The first-order valence-electron chi connectivity index (χ1n) is 7.00. The molecule has 1 amide bonds. The van der Waals surface area contributed by atoms with E-state index in [1.807, 2.05) is 0 Å². The molecule has 0 heterocycles. The molecule has 1 aromatic rings. The molecule has 19 heavy (non-hydrogen) atoms. The summed E-state index contributed by atoms with van der Waals surface area (Å²) in [5.74, 6) is 0.736. The van der Waals surface area contributed by atoms with Gasteiger partial charge < -0.3 is 11.1 Å². The van der Waals surface area contributed by atoms with Gasteiger partial charge in [-0.3, -0.25) is 4.79 Å². The minimum Gasteiger partial charge on any atom is -0.397 e. The summed E-state index contributed by atoms with van der Waals surface area (Å²) in [6, 6.07) is 5.13. The van der Waals surface area contributed by atoms with E-state index in [4.69, 9.17) is 17.3 Å². The van der Waals surface area contributed by atoms with E-state index < -0.39 is 0 Å². The van der Waals surface area contributed by atoms with Gasteiger partial charge >= 0.3 is 0 Å². The second kappa shape index (κ2) is 6.80. The molecule has 0 aliphatic heterocycles. The van der Waals surface area contributed by atoms with Gasteiger partial charge in [0.1, 0.15) is 0 Å². The van der Waals surface area contributed by atoms with E-state index in [1.165, 1.54) is 32.1 Å². The summed E-state index contributed by atoms with van der Waals surface area (Å²) in [7, 11) is 0. The number of carbonyl (C=O) groups excluding carboxylic acids is 1. The van der Waals surface area contributed by atoms with E-state index in [0.29, 0.717) is 22.8 Å². The lowest BCUT2D eigenvalue weighted by Gasteiger charge is -2.10. The summed E-state index contributed by atoms with van der Waals surface area (Å²) in [5.41, 5.74) is 6.62. The summed E-state index contributed by atoms with van der Waals surface area (Å²) in [5, 5.41) is 3.34. The zero-order valence-corrected chi connectivity index (χ0v) is 11.9. The van der Waals surface area contributed by atoms with Crippen LogP contribution in [0.2, 0.25) is 5.02 Å². The lowest BCUT2D eigenvalue weighted by Crippen LogP contribution is -2.25. The van der Waals surface area contributed by atoms with Crippen molar-refractivity contribution in [1.29, 1.82) is 0 Å². The predicted octanol–water partition coefficient (Wildman–Crippen LogP) is 3.62. The summed E-state index contributed by atoms with van der Waals surface area (Å²) in [6.07, 6.45) is 7.71. The average Bonchev–Trinajstić information content (AvgIpc) is 2.91. The van der Waals surface area contributed by atoms with Gasteiger partial charge in [0.15, 0.2) is 0 Å². The highest BCUT2D eigenvalue weighted by atomic mass is 35.5. The number of hydrogen-bond donors (Lipinski definition) is 2. The number of rotatable bonds is 5. The van der Waals surface area contributed by atoms with Crippen LogP contribution in [0.3, 0.4) is 0 Å². The van der Waals surface area contributed by atoms with Crippen LogP contribution in [0.15, 0.2) is 18.2 Å². The van der Waals surface area contributed by atoms with Crippen LogP contribution in [0.4, 0.5) is 5.69 Å². The van der Waals surface area contributed by atoms with Crippen LogP contribution in [0.5, 0.6) is 0 Å². The molecule has 3 N–H and O–H groups in total. The van der Waals surface area contributed by atoms with Gasteiger partial charge in [-0.1, -0.05) is 43.4 Å². The number of nitrogen functional groups attached to an aromatic ring is 1. The van der Waals surface area contributed by atoms with Gasteiger partial charge in [0.25, 0.3) is 5.91 Å². The molecular formula is C15H21ClN2O. The number of hydrogen-bond acceptors (Lipinski definition) is 2. The Bertz CT molecular complexity index is 442. The Morgan fingerprint density at radius 3 is 2.84 bits per heavy atom. The molecule has 1 aliphatic carbocycles. The number of nitrogens with one attached hydrogen (secondary N) is 1. The maximum absolute atomic E-state index is 12.0. The van der Waals surface area contributed by atoms with Crippen molar-refractivity contribution < 1.29 is 4.79 Å². The number of para-hydroxylation sites is 1. The quantitative estimate of drug-likeness (QED) is 0.639. The Hall–Kier alpha value is -1.22. The van der Waals surface area contributed by atoms with Crippen molar-refractivity contribution in [2.24, 2.45) is 5.92 Å². The van der Waals surface area contributed by atoms with E-state index in [2.05, 4.69) is 5.32 Å². The van der Waals surface area contributed by atoms with Crippen molar-refractivity contribution >= 4 is 23.2 Å². The zero-order chi connectivity index (χ0) is 13.7. The third kappa shape index (κ3) is 3.87. The summed E-state index contributed by atoms with van der Waals surface area (Å²) >= 11 is 5.90. The number of benzene rings is 1. The molecule has 104 valence electrons. The molecule has 1 aromatic carbocycles. The molecule has 3 nitrogen and oxygen atoms in total. The zero-order valence-electron chi connectivity index (χ0n) is 11.1. The van der Waals surface area contributed by atoms with Crippen molar-refractivity contribution in [2.45, 2.75) is 38.5 Å². The molecule has 1 fully saturated rings. The standard InChI is InChI=1S/C15H21ClN2O/c16-13-9-3-8-12(14(13)17)15(19)18-10-4-7-11-5-1-2-6-11/h3,8-9,11H,1-2,4-7,10,17H2,(H,18,19). The Labute approximate surface area is 119 Å². The number of halogens is 1. The monoisotopic (exact) mass is 280 g/mol. The molecule has 1 saturated carbocycles. The van der Waals surface area contributed by atoms with E-state index in [-0.39, 0.29) is 5.91 Å². The predicted molar refractivity (Wildman–Crippen MR) is 79.4 cm³/mol. The van der Waals surface area contributed by atoms with E-state index in [1.54, 1.807) is 18.2 Å². The van der Waals surface area contributed by atoms with Crippen LogP contribution in [0.1, 0.15) is 48.9 Å². The largest absolute Gasteiger partial charge is 0.397 e.